The van der Waals surface area contributed by atoms with E-state index in [1.165, 1.54) is 0 Å². The summed E-state index contributed by atoms with van der Waals surface area (Å²) in [6.07, 6.45) is 3.37. The van der Waals surface area contributed by atoms with Crippen LogP contribution < -0.4 is 10.1 Å². The largest absolute Gasteiger partial charge is 0.480 e. The summed E-state index contributed by atoms with van der Waals surface area (Å²) < 4.78 is 5.21. The second-order valence-electron chi connectivity index (χ2n) is 4.04. The van der Waals surface area contributed by atoms with Crippen LogP contribution in [0.25, 0.3) is 0 Å². The smallest absolute Gasteiger partial charge is 0.236 e. The number of methoxy groups -OCH3 is 1. The van der Waals surface area contributed by atoms with Crippen LogP contribution in [-0.2, 0) is 6.54 Å². The number of nitrogens with zero attached hydrogens (tertiary/aromatic N) is 3. The van der Waals surface area contributed by atoms with E-state index in [2.05, 4.69) is 27.1 Å². The van der Waals surface area contributed by atoms with Crippen LogP contribution in [0.2, 0.25) is 0 Å². The van der Waals surface area contributed by atoms with Crippen molar-refractivity contribution < 1.29 is 4.74 Å². The molecule has 1 saturated heterocycles. The van der Waals surface area contributed by atoms with Crippen molar-refractivity contribution in [1.29, 1.82) is 0 Å². The molecule has 1 unspecified atom stereocenters. The van der Waals surface area contributed by atoms with Gasteiger partial charge in [0.05, 0.1) is 7.11 Å². The van der Waals surface area contributed by atoms with Gasteiger partial charge in [-0.05, 0) is 6.92 Å². The molecule has 1 aliphatic rings. The van der Waals surface area contributed by atoms with E-state index in [-0.39, 0.29) is 0 Å². The Morgan fingerprint density at radius 3 is 3.06 bits per heavy atom. The summed E-state index contributed by atoms with van der Waals surface area (Å²) in [6, 6.07) is 0.528. The van der Waals surface area contributed by atoms with E-state index in [9.17, 15) is 0 Å². The van der Waals surface area contributed by atoms with E-state index in [4.69, 9.17) is 4.74 Å². The van der Waals surface area contributed by atoms with Crippen LogP contribution in [-0.4, -0.2) is 47.7 Å². The van der Waals surface area contributed by atoms with Crippen molar-refractivity contribution in [2.24, 2.45) is 0 Å². The fourth-order valence-corrected chi connectivity index (χ4v) is 1.94. The molecule has 0 aromatic carbocycles. The van der Waals surface area contributed by atoms with E-state index in [1.807, 2.05) is 0 Å². The van der Waals surface area contributed by atoms with E-state index in [0.717, 1.165) is 31.9 Å². The van der Waals surface area contributed by atoms with Crippen LogP contribution in [0.15, 0.2) is 12.4 Å². The first-order valence-electron chi connectivity index (χ1n) is 5.60. The lowest BCUT2D eigenvalue weighted by molar-refractivity contribution is 0.161. The average molecular weight is 222 g/mol. The Labute approximate surface area is 95.8 Å². The molecule has 1 fully saturated rings. The highest BCUT2D eigenvalue weighted by Gasteiger charge is 2.19. The van der Waals surface area contributed by atoms with Gasteiger partial charge in [-0.2, -0.15) is 0 Å². The maximum absolute atomic E-state index is 5.21. The van der Waals surface area contributed by atoms with E-state index in [0.29, 0.717) is 11.9 Å². The predicted octanol–water partition coefficient (Wildman–Crippen LogP) is 0.279. The zero-order chi connectivity index (χ0) is 11.4. The molecule has 1 N–H and O–H groups in total. The van der Waals surface area contributed by atoms with E-state index < -0.39 is 0 Å². The number of aromatic nitrogens is 2. The lowest BCUT2D eigenvalue weighted by Gasteiger charge is -2.33. The Morgan fingerprint density at radius 1 is 1.50 bits per heavy atom. The topological polar surface area (TPSA) is 50.3 Å². The standard InChI is InChI=1S/C11H18N4O/c1-9-7-12-5-6-15(9)8-10-11(16-2)14-4-3-13-10/h3-4,9,12H,5-8H2,1-2H3. The first-order chi connectivity index (χ1) is 7.81. The molecule has 1 aliphatic heterocycles. The third-order valence-electron chi connectivity index (χ3n) is 2.92. The number of nitrogens with one attached hydrogen (secondary N) is 1. The molecule has 0 saturated carbocycles. The molecule has 2 rings (SSSR count). The SMILES string of the molecule is COc1nccnc1CN1CCNCC1C. The zero-order valence-electron chi connectivity index (χ0n) is 9.81. The number of hydrogen-bond donors (Lipinski definition) is 1. The van der Waals surface area contributed by atoms with Crippen molar-refractivity contribution >= 4 is 0 Å². The normalized spacial score (nSPS) is 22.0. The molecule has 88 valence electrons. The second-order valence-corrected chi connectivity index (χ2v) is 4.04. The third-order valence-corrected chi connectivity index (χ3v) is 2.92. The highest BCUT2D eigenvalue weighted by atomic mass is 16.5. The molecule has 0 spiro atoms. The van der Waals surface area contributed by atoms with Crippen LogP contribution in [0.4, 0.5) is 0 Å². The minimum Gasteiger partial charge on any atom is -0.480 e. The van der Waals surface area contributed by atoms with Gasteiger partial charge in [0.2, 0.25) is 5.88 Å². The quantitative estimate of drug-likeness (QED) is 0.796. The minimum absolute atomic E-state index is 0.528. The van der Waals surface area contributed by atoms with Gasteiger partial charge in [0.25, 0.3) is 0 Å². The van der Waals surface area contributed by atoms with Crippen LogP contribution in [0.5, 0.6) is 5.88 Å². The van der Waals surface area contributed by atoms with Gasteiger partial charge in [-0.3, -0.25) is 9.88 Å². The molecule has 0 amide bonds. The Balaban J connectivity index is 2.07. The Hall–Kier alpha value is -1.20. The van der Waals surface area contributed by atoms with E-state index in [1.54, 1.807) is 19.5 Å². The third kappa shape index (κ3) is 2.48. The van der Waals surface area contributed by atoms with Gasteiger partial charge >= 0.3 is 0 Å². The maximum atomic E-state index is 5.21. The monoisotopic (exact) mass is 222 g/mol. The van der Waals surface area contributed by atoms with Gasteiger partial charge in [0.15, 0.2) is 0 Å². The van der Waals surface area contributed by atoms with Gasteiger partial charge in [-0.15, -0.1) is 0 Å². The number of piperazine rings is 1. The molecule has 0 bridgehead atoms. The fraction of sp³-hybridized carbons (Fsp3) is 0.636. The minimum atomic E-state index is 0.528. The van der Waals surface area contributed by atoms with Crippen molar-refractivity contribution in [3.05, 3.63) is 18.1 Å². The Bertz CT molecular complexity index is 345. The summed E-state index contributed by atoms with van der Waals surface area (Å²) in [6.45, 7) is 6.13. The second kappa shape index (κ2) is 5.23. The molecule has 1 aromatic heterocycles. The number of rotatable bonds is 3. The average Bonchev–Trinajstić information content (AvgIpc) is 2.33. The van der Waals surface area contributed by atoms with Gasteiger partial charge in [-0.1, -0.05) is 0 Å². The molecule has 0 aliphatic carbocycles. The lowest BCUT2D eigenvalue weighted by Crippen LogP contribution is -2.49. The summed E-state index contributed by atoms with van der Waals surface area (Å²) in [7, 11) is 1.63. The van der Waals surface area contributed by atoms with E-state index >= 15 is 0 Å². The van der Waals surface area contributed by atoms with Crippen molar-refractivity contribution in [3.8, 4) is 5.88 Å². The molecule has 5 heteroatoms. The van der Waals surface area contributed by atoms with Crippen LogP contribution in [0.3, 0.4) is 0 Å². The van der Waals surface area contributed by atoms with Crippen LogP contribution in [0, 0.1) is 0 Å². The van der Waals surface area contributed by atoms with Crippen LogP contribution >= 0.6 is 0 Å². The maximum Gasteiger partial charge on any atom is 0.236 e. The number of hydrogen-bond acceptors (Lipinski definition) is 5. The molecule has 16 heavy (non-hydrogen) atoms. The van der Waals surface area contributed by atoms with Crippen molar-refractivity contribution in [1.82, 2.24) is 20.2 Å². The lowest BCUT2D eigenvalue weighted by atomic mass is 10.2. The molecule has 5 nitrogen and oxygen atoms in total. The molecule has 1 atom stereocenters. The molecule has 0 radical (unpaired) electrons. The summed E-state index contributed by atoms with van der Waals surface area (Å²) in [4.78, 5) is 10.9. The van der Waals surface area contributed by atoms with Gasteiger partial charge < -0.3 is 10.1 Å². The molecular formula is C11H18N4O. The summed E-state index contributed by atoms with van der Waals surface area (Å²) in [5.41, 5.74) is 0.916. The summed E-state index contributed by atoms with van der Waals surface area (Å²) in [5.74, 6) is 0.633. The first kappa shape index (κ1) is 11.3. The van der Waals surface area contributed by atoms with Crippen molar-refractivity contribution in [2.45, 2.75) is 19.5 Å². The highest BCUT2D eigenvalue weighted by Crippen LogP contribution is 2.15. The Kier molecular flexibility index (Phi) is 3.69. The zero-order valence-corrected chi connectivity index (χ0v) is 9.81. The van der Waals surface area contributed by atoms with Crippen molar-refractivity contribution in [3.63, 3.8) is 0 Å². The Morgan fingerprint density at radius 2 is 2.31 bits per heavy atom. The first-order valence-corrected chi connectivity index (χ1v) is 5.60. The van der Waals surface area contributed by atoms with Gasteiger partial charge in [-0.25, -0.2) is 4.98 Å². The predicted molar refractivity (Wildman–Crippen MR) is 61.3 cm³/mol. The van der Waals surface area contributed by atoms with Crippen LogP contribution in [0.1, 0.15) is 12.6 Å². The molecular weight excluding hydrogens is 204 g/mol. The van der Waals surface area contributed by atoms with Gasteiger partial charge in [0, 0.05) is 44.6 Å². The molecule has 2 heterocycles. The van der Waals surface area contributed by atoms with Gasteiger partial charge in [0.1, 0.15) is 5.69 Å². The molecule has 1 aromatic rings. The highest BCUT2D eigenvalue weighted by molar-refractivity contribution is 5.17. The van der Waals surface area contributed by atoms with Crippen molar-refractivity contribution in [2.75, 3.05) is 26.7 Å². The fourth-order valence-electron chi connectivity index (χ4n) is 1.94. The number of ether oxygens (including phenoxy) is 1. The summed E-state index contributed by atoms with van der Waals surface area (Å²) in [5, 5.41) is 3.37. The summed E-state index contributed by atoms with van der Waals surface area (Å²) >= 11 is 0.